The maximum atomic E-state index is 12.5. The Kier molecular flexibility index (Phi) is 9.85. The maximum absolute atomic E-state index is 12.5. The molecule has 0 unspecified atom stereocenters. The Hall–Kier alpha value is -2.93. The van der Waals surface area contributed by atoms with Crippen molar-refractivity contribution in [1.29, 1.82) is 0 Å². The Morgan fingerprint density at radius 3 is 2.24 bits per heavy atom. The largest absolute Gasteiger partial charge is 0.444 e. The minimum Gasteiger partial charge on any atom is -0.444 e. The minimum absolute atomic E-state index is 0.0752. The standard InChI is InChI=1S/C26H37N3O4/c1-20(2)18-28(19-22-11-13-24(14-12-22)29(31)32)16-15-23(17-21-9-7-6-8-10-21)27-25(30)33-26(3,4)5/h6-14,20,23H,15-19H2,1-5H3,(H,27,30)/t23-/m1/s1. The van der Waals surface area contributed by atoms with Crippen LogP contribution in [0.1, 0.15) is 52.2 Å². The number of carbonyl (C=O) groups excluding carboxylic acids is 1. The molecular weight excluding hydrogens is 418 g/mol. The molecule has 0 heterocycles. The number of non-ortho nitro benzene ring substituents is 1. The highest BCUT2D eigenvalue weighted by Crippen LogP contribution is 2.16. The van der Waals surface area contributed by atoms with E-state index >= 15 is 0 Å². The average molecular weight is 456 g/mol. The van der Waals surface area contributed by atoms with Crippen molar-refractivity contribution in [2.24, 2.45) is 5.92 Å². The van der Waals surface area contributed by atoms with Gasteiger partial charge in [0.05, 0.1) is 4.92 Å². The highest BCUT2D eigenvalue weighted by molar-refractivity contribution is 5.68. The van der Waals surface area contributed by atoms with Crippen molar-refractivity contribution in [2.45, 2.75) is 65.6 Å². The molecule has 0 radical (unpaired) electrons. The molecule has 0 aliphatic heterocycles. The predicted molar refractivity (Wildman–Crippen MR) is 131 cm³/mol. The van der Waals surface area contributed by atoms with Gasteiger partial charge in [-0.15, -0.1) is 0 Å². The van der Waals surface area contributed by atoms with Gasteiger partial charge in [-0.25, -0.2) is 4.79 Å². The van der Waals surface area contributed by atoms with Crippen LogP contribution in [0.5, 0.6) is 0 Å². The normalized spacial score (nSPS) is 12.6. The van der Waals surface area contributed by atoms with Gasteiger partial charge >= 0.3 is 6.09 Å². The lowest BCUT2D eigenvalue weighted by Crippen LogP contribution is -2.42. The molecule has 1 amide bonds. The molecule has 2 aromatic rings. The summed E-state index contributed by atoms with van der Waals surface area (Å²) in [7, 11) is 0. The van der Waals surface area contributed by atoms with E-state index in [2.05, 4.69) is 36.2 Å². The second-order valence-corrected chi connectivity index (χ2v) is 9.87. The lowest BCUT2D eigenvalue weighted by molar-refractivity contribution is -0.384. The number of carbonyl (C=O) groups is 1. The maximum Gasteiger partial charge on any atom is 0.407 e. The van der Waals surface area contributed by atoms with Crippen molar-refractivity contribution in [3.8, 4) is 0 Å². The van der Waals surface area contributed by atoms with Gasteiger partial charge in [-0.05, 0) is 50.7 Å². The van der Waals surface area contributed by atoms with Crippen LogP contribution in [-0.2, 0) is 17.7 Å². The second kappa shape index (κ2) is 12.3. The first-order chi connectivity index (χ1) is 15.5. The van der Waals surface area contributed by atoms with E-state index in [1.54, 1.807) is 12.1 Å². The van der Waals surface area contributed by atoms with Gasteiger partial charge in [-0.1, -0.05) is 56.3 Å². The zero-order chi connectivity index (χ0) is 24.4. The highest BCUT2D eigenvalue weighted by Gasteiger charge is 2.21. The Bertz CT molecular complexity index is 877. The number of alkyl carbamates (subject to hydrolysis) is 1. The fourth-order valence-corrected chi connectivity index (χ4v) is 3.67. The lowest BCUT2D eigenvalue weighted by Gasteiger charge is -2.28. The fraction of sp³-hybridized carbons (Fsp3) is 0.500. The number of nitrogens with one attached hydrogen (secondary N) is 1. The van der Waals surface area contributed by atoms with Gasteiger partial charge in [-0.2, -0.15) is 0 Å². The number of ether oxygens (including phenoxy) is 1. The molecule has 7 nitrogen and oxygen atoms in total. The number of amides is 1. The fourth-order valence-electron chi connectivity index (χ4n) is 3.67. The summed E-state index contributed by atoms with van der Waals surface area (Å²) in [4.78, 5) is 25.3. The third-order valence-corrected chi connectivity index (χ3v) is 5.02. The quantitative estimate of drug-likeness (QED) is 0.353. The summed E-state index contributed by atoms with van der Waals surface area (Å²) in [5.41, 5.74) is 1.73. The van der Waals surface area contributed by atoms with Crippen LogP contribution in [0.3, 0.4) is 0 Å². The zero-order valence-electron chi connectivity index (χ0n) is 20.4. The Balaban J connectivity index is 2.08. The molecular formula is C26H37N3O4. The van der Waals surface area contributed by atoms with Crippen molar-refractivity contribution in [3.63, 3.8) is 0 Å². The lowest BCUT2D eigenvalue weighted by atomic mass is 10.0. The number of hydrogen-bond acceptors (Lipinski definition) is 5. The van der Waals surface area contributed by atoms with Crippen molar-refractivity contribution < 1.29 is 14.5 Å². The van der Waals surface area contributed by atoms with Crippen molar-refractivity contribution in [3.05, 3.63) is 75.8 Å². The van der Waals surface area contributed by atoms with Crippen molar-refractivity contribution in [2.75, 3.05) is 13.1 Å². The SMILES string of the molecule is CC(C)CN(CC[C@H](Cc1ccccc1)NC(=O)OC(C)(C)C)Cc1ccc([N+](=O)[O-])cc1. The second-order valence-electron chi connectivity index (χ2n) is 9.87. The monoisotopic (exact) mass is 455 g/mol. The molecule has 0 aromatic heterocycles. The van der Waals surface area contributed by atoms with E-state index in [0.29, 0.717) is 18.9 Å². The molecule has 1 atom stereocenters. The molecule has 2 aromatic carbocycles. The highest BCUT2D eigenvalue weighted by atomic mass is 16.6. The average Bonchev–Trinajstić information content (AvgIpc) is 2.71. The molecule has 180 valence electrons. The number of hydrogen-bond donors (Lipinski definition) is 1. The molecule has 0 saturated heterocycles. The summed E-state index contributed by atoms with van der Waals surface area (Å²) in [5.74, 6) is 0.467. The van der Waals surface area contributed by atoms with Crippen LogP contribution < -0.4 is 5.32 Å². The van der Waals surface area contributed by atoms with E-state index in [1.807, 2.05) is 51.1 Å². The molecule has 0 saturated carbocycles. The van der Waals surface area contributed by atoms with E-state index < -0.39 is 11.7 Å². The van der Waals surface area contributed by atoms with E-state index in [0.717, 1.165) is 30.6 Å². The predicted octanol–water partition coefficient (Wildman–Crippen LogP) is 5.58. The van der Waals surface area contributed by atoms with E-state index in [4.69, 9.17) is 4.74 Å². The molecule has 2 rings (SSSR count). The Morgan fingerprint density at radius 2 is 1.70 bits per heavy atom. The molecule has 7 heteroatoms. The Morgan fingerprint density at radius 1 is 1.06 bits per heavy atom. The molecule has 0 bridgehead atoms. The molecule has 33 heavy (non-hydrogen) atoms. The van der Waals surface area contributed by atoms with Gasteiger partial charge in [0.2, 0.25) is 0 Å². The summed E-state index contributed by atoms with van der Waals surface area (Å²) in [5, 5.41) is 14.0. The van der Waals surface area contributed by atoms with Gasteiger partial charge in [0.1, 0.15) is 5.60 Å². The van der Waals surface area contributed by atoms with Gasteiger partial charge in [-0.3, -0.25) is 15.0 Å². The van der Waals surface area contributed by atoms with Crippen LogP contribution in [0.2, 0.25) is 0 Å². The number of nitro benzene ring substituents is 1. The van der Waals surface area contributed by atoms with E-state index in [9.17, 15) is 14.9 Å². The van der Waals surface area contributed by atoms with Crippen LogP contribution in [-0.4, -0.2) is 40.6 Å². The number of benzene rings is 2. The van der Waals surface area contributed by atoms with Gasteiger partial charge in [0.25, 0.3) is 5.69 Å². The van der Waals surface area contributed by atoms with Crippen LogP contribution >= 0.6 is 0 Å². The van der Waals surface area contributed by atoms with Crippen LogP contribution in [0.4, 0.5) is 10.5 Å². The number of rotatable bonds is 11. The van der Waals surface area contributed by atoms with Gasteiger partial charge in [0, 0.05) is 37.8 Å². The summed E-state index contributed by atoms with van der Waals surface area (Å²) >= 11 is 0. The minimum atomic E-state index is -0.555. The summed E-state index contributed by atoms with van der Waals surface area (Å²) in [6.07, 6.45) is 1.07. The molecule has 0 spiro atoms. The third-order valence-electron chi connectivity index (χ3n) is 5.02. The van der Waals surface area contributed by atoms with Crippen LogP contribution in [0.25, 0.3) is 0 Å². The van der Waals surface area contributed by atoms with E-state index in [1.165, 1.54) is 0 Å². The van der Waals surface area contributed by atoms with Crippen molar-refractivity contribution >= 4 is 11.8 Å². The summed E-state index contributed by atoms with van der Waals surface area (Å²) in [6.45, 7) is 12.3. The first kappa shape index (κ1) is 26.3. The van der Waals surface area contributed by atoms with E-state index in [-0.39, 0.29) is 16.7 Å². The Labute approximate surface area is 197 Å². The number of nitrogens with zero attached hydrogens (tertiary/aromatic N) is 2. The van der Waals surface area contributed by atoms with Gasteiger partial charge < -0.3 is 10.1 Å². The molecule has 1 N–H and O–H groups in total. The first-order valence-corrected chi connectivity index (χ1v) is 11.5. The summed E-state index contributed by atoms with van der Waals surface area (Å²) in [6, 6.07) is 16.7. The number of nitro groups is 1. The zero-order valence-corrected chi connectivity index (χ0v) is 20.4. The topological polar surface area (TPSA) is 84.7 Å². The molecule has 0 fully saturated rings. The first-order valence-electron chi connectivity index (χ1n) is 11.5. The van der Waals surface area contributed by atoms with Crippen LogP contribution in [0.15, 0.2) is 54.6 Å². The summed E-state index contributed by atoms with van der Waals surface area (Å²) < 4.78 is 5.48. The smallest absolute Gasteiger partial charge is 0.407 e. The van der Waals surface area contributed by atoms with Crippen LogP contribution in [0, 0.1) is 16.0 Å². The molecule has 0 aliphatic rings. The third kappa shape index (κ3) is 10.5. The van der Waals surface area contributed by atoms with Gasteiger partial charge in [0.15, 0.2) is 0 Å². The molecule has 0 aliphatic carbocycles. The van der Waals surface area contributed by atoms with Crippen molar-refractivity contribution in [1.82, 2.24) is 10.2 Å².